The molecule has 0 spiro atoms. The Balaban J connectivity index is 0.000000371. The van der Waals surface area contributed by atoms with Gasteiger partial charge < -0.3 is 0 Å². The van der Waals surface area contributed by atoms with E-state index >= 15 is 0 Å². The van der Waals surface area contributed by atoms with Crippen molar-refractivity contribution < 1.29 is 4.79 Å². The van der Waals surface area contributed by atoms with E-state index in [1.54, 1.807) is 0 Å². The Bertz CT molecular complexity index is 114. The first-order chi connectivity index (χ1) is 4.70. The van der Waals surface area contributed by atoms with E-state index in [4.69, 9.17) is 5.84 Å². The SMILES string of the molecule is CC.CC1CC(=O)N(N)C1. The summed E-state index contributed by atoms with van der Waals surface area (Å²) in [5.41, 5.74) is 0. The third-order valence-corrected chi connectivity index (χ3v) is 1.35. The lowest BCUT2D eigenvalue weighted by atomic mass is 10.2. The van der Waals surface area contributed by atoms with Crippen LogP contribution < -0.4 is 5.84 Å². The summed E-state index contributed by atoms with van der Waals surface area (Å²) >= 11 is 0. The van der Waals surface area contributed by atoms with Crippen LogP contribution in [0.1, 0.15) is 27.2 Å². The van der Waals surface area contributed by atoms with Gasteiger partial charge in [-0.15, -0.1) is 0 Å². The van der Waals surface area contributed by atoms with Crippen molar-refractivity contribution >= 4 is 5.91 Å². The largest absolute Gasteiger partial charge is 0.280 e. The fraction of sp³-hybridized carbons (Fsp3) is 0.857. The van der Waals surface area contributed by atoms with Crippen LogP contribution in [-0.2, 0) is 4.79 Å². The molecule has 1 aliphatic heterocycles. The minimum absolute atomic E-state index is 0.0671. The van der Waals surface area contributed by atoms with Gasteiger partial charge in [0.15, 0.2) is 0 Å². The monoisotopic (exact) mass is 144 g/mol. The zero-order chi connectivity index (χ0) is 8.15. The molecule has 0 aromatic heterocycles. The number of nitrogens with two attached hydrogens (primary N) is 1. The van der Waals surface area contributed by atoms with Crippen LogP contribution in [0.4, 0.5) is 0 Å². The van der Waals surface area contributed by atoms with Crippen molar-refractivity contribution in [2.24, 2.45) is 11.8 Å². The molecule has 0 saturated carbocycles. The number of amides is 1. The quantitative estimate of drug-likeness (QED) is 0.403. The summed E-state index contributed by atoms with van der Waals surface area (Å²) in [5.74, 6) is 5.77. The summed E-state index contributed by atoms with van der Waals surface area (Å²) in [5, 5.41) is 1.28. The summed E-state index contributed by atoms with van der Waals surface area (Å²) in [6.45, 7) is 6.74. The molecule has 0 aromatic rings. The Morgan fingerprint density at radius 3 is 2.20 bits per heavy atom. The number of hydrazine groups is 1. The van der Waals surface area contributed by atoms with Crippen molar-refractivity contribution in [3.05, 3.63) is 0 Å². The van der Waals surface area contributed by atoms with Gasteiger partial charge in [-0.2, -0.15) is 0 Å². The molecule has 60 valence electrons. The summed E-state index contributed by atoms with van der Waals surface area (Å²) in [7, 11) is 0. The third-order valence-electron chi connectivity index (χ3n) is 1.35. The zero-order valence-corrected chi connectivity index (χ0v) is 6.92. The number of hydrogen-bond donors (Lipinski definition) is 1. The molecule has 2 N–H and O–H groups in total. The first kappa shape index (κ1) is 9.43. The maximum atomic E-state index is 10.6. The molecule has 3 nitrogen and oxygen atoms in total. The highest BCUT2D eigenvalue weighted by atomic mass is 16.2. The minimum Gasteiger partial charge on any atom is -0.280 e. The van der Waals surface area contributed by atoms with Gasteiger partial charge >= 0.3 is 0 Å². The van der Waals surface area contributed by atoms with Crippen LogP contribution in [-0.4, -0.2) is 17.5 Å². The average Bonchev–Trinajstić information content (AvgIpc) is 2.16. The molecule has 1 unspecified atom stereocenters. The molecule has 0 aromatic carbocycles. The van der Waals surface area contributed by atoms with Gasteiger partial charge in [-0.25, -0.2) is 5.84 Å². The second-order valence-corrected chi connectivity index (χ2v) is 2.36. The molecule has 1 heterocycles. The highest BCUT2D eigenvalue weighted by Gasteiger charge is 2.23. The van der Waals surface area contributed by atoms with Crippen molar-refractivity contribution in [3.8, 4) is 0 Å². The van der Waals surface area contributed by atoms with Gasteiger partial charge in [0, 0.05) is 13.0 Å². The molecule has 1 atom stereocenters. The van der Waals surface area contributed by atoms with Crippen molar-refractivity contribution in [3.63, 3.8) is 0 Å². The van der Waals surface area contributed by atoms with Crippen LogP contribution in [0.25, 0.3) is 0 Å². The summed E-state index contributed by atoms with van der Waals surface area (Å²) in [4.78, 5) is 10.6. The molecule has 3 heteroatoms. The maximum absolute atomic E-state index is 10.6. The number of carbonyl (C=O) groups excluding carboxylic acids is 1. The molecule has 1 saturated heterocycles. The van der Waals surface area contributed by atoms with Gasteiger partial charge in [-0.1, -0.05) is 20.8 Å². The number of carbonyl (C=O) groups is 1. The van der Waals surface area contributed by atoms with E-state index in [0.29, 0.717) is 12.3 Å². The van der Waals surface area contributed by atoms with Crippen LogP contribution in [0.3, 0.4) is 0 Å². The number of rotatable bonds is 0. The number of hydrogen-bond acceptors (Lipinski definition) is 2. The van der Waals surface area contributed by atoms with Crippen molar-refractivity contribution in [2.75, 3.05) is 6.54 Å². The Morgan fingerprint density at radius 2 is 2.10 bits per heavy atom. The van der Waals surface area contributed by atoms with Crippen LogP contribution in [0.5, 0.6) is 0 Å². The predicted octanol–water partition coefficient (Wildman–Crippen LogP) is 0.755. The smallest absolute Gasteiger partial charge is 0.236 e. The molecule has 1 fully saturated rings. The normalized spacial score (nSPS) is 24.2. The lowest BCUT2D eigenvalue weighted by Crippen LogP contribution is -2.31. The Kier molecular flexibility index (Phi) is 4.03. The lowest BCUT2D eigenvalue weighted by molar-refractivity contribution is -0.127. The molecule has 1 amide bonds. The lowest BCUT2D eigenvalue weighted by Gasteiger charge is -2.04. The second kappa shape index (κ2) is 4.28. The van der Waals surface area contributed by atoms with Crippen molar-refractivity contribution in [2.45, 2.75) is 27.2 Å². The fourth-order valence-electron chi connectivity index (χ4n) is 0.917. The molecule has 0 bridgehead atoms. The van der Waals surface area contributed by atoms with Gasteiger partial charge in [0.25, 0.3) is 0 Å². The average molecular weight is 144 g/mol. The predicted molar refractivity (Wildman–Crippen MR) is 41.0 cm³/mol. The van der Waals surface area contributed by atoms with E-state index in [0.717, 1.165) is 6.54 Å². The van der Waals surface area contributed by atoms with Crippen LogP contribution in [0, 0.1) is 5.92 Å². The summed E-state index contributed by atoms with van der Waals surface area (Å²) in [6.07, 6.45) is 0.622. The van der Waals surface area contributed by atoms with E-state index in [-0.39, 0.29) is 5.91 Å². The van der Waals surface area contributed by atoms with Crippen molar-refractivity contribution in [1.82, 2.24) is 5.01 Å². The standard InChI is InChI=1S/C5H10N2O.C2H6/c1-4-2-5(8)7(6)3-4;1-2/h4H,2-3,6H2,1H3;1-2H3. The summed E-state index contributed by atoms with van der Waals surface area (Å²) in [6, 6.07) is 0. The first-order valence-electron chi connectivity index (χ1n) is 3.75. The van der Waals surface area contributed by atoms with E-state index < -0.39 is 0 Å². The van der Waals surface area contributed by atoms with E-state index in [9.17, 15) is 4.79 Å². The maximum Gasteiger partial charge on any atom is 0.236 e. The minimum atomic E-state index is 0.0671. The zero-order valence-electron chi connectivity index (χ0n) is 6.92. The van der Waals surface area contributed by atoms with Crippen LogP contribution in [0.15, 0.2) is 0 Å². The highest BCUT2D eigenvalue weighted by molar-refractivity contribution is 5.77. The van der Waals surface area contributed by atoms with E-state index in [2.05, 4.69) is 0 Å². The topological polar surface area (TPSA) is 46.3 Å². The Hall–Kier alpha value is -0.570. The van der Waals surface area contributed by atoms with Gasteiger partial charge in [0.1, 0.15) is 0 Å². The fourth-order valence-corrected chi connectivity index (χ4v) is 0.917. The van der Waals surface area contributed by atoms with Crippen LogP contribution >= 0.6 is 0 Å². The molecule has 1 rings (SSSR count). The highest BCUT2D eigenvalue weighted by Crippen LogP contribution is 2.11. The molecule has 10 heavy (non-hydrogen) atoms. The number of nitrogens with zero attached hydrogens (tertiary/aromatic N) is 1. The van der Waals surface area contributed by atoms with Crippen molar-refractivity contribution in [1.29, 1.82) is 0 Å². The van der Waals surface area contributed by atoms with E-state index in [1.807, 2.05) is 20.8 Å². The first-order valence-corrected chi connectivity index (χ1v) is 3.75. The molecular weight excluding hydrogens is 128 g/mol. The summed E-state index contributed by atoms with van der Waals surface area (Å²) < 4.78 is 0. The second-order valence-electron chi connectivity index (χ2n) is 2.36. The molecule has 0 aliphatic carbocycles. The van der Waals surface area contributed by atoms with Gasteiger partial charge in [0.05, 0.1) is 0 Å². The third kappa shape index (κ3) is 2.35. The van der Waals surface area contributed by atoms with E-state index in [1.165, 1.54) is 5.01 Å². The molecule has 1 aliphatic rings. The molecular formula is C7H16N2O. The van der Waals surface area contributed by atoms with Gasteiger partial charge in [-0.05, 0) is 5.92 Å². The van der Waals surface area contributed by atoms with Crippen LogP contribution in [0.2, 0.25) is 0 Å². The van der Waals surface area contributed by atoms with Gasteiger partial charge in [-0.3, -0.25) is 9.80 Å². The Labute approximate surface area is 62.2 Å². The Morgan fingerprint density at radius 1 is 1.60 bits per heavy atom. The van der Waals surface area contributed by atoms with Gasteiger partial charge in [0.2, 0.25) is 5.91 Å². The molecule has 0 radical (unpaired) electrons.